The summed E-state index contributed by atoms with van der Waals surface area (Å²) in [5, 5.41) is 5.69. The van der Waals surface area contributed by atoms with Gasteiger partial charge in [0, 0.05) is 28.4 Å². The summed E-state index contributed by atoms with van der Waals surface area (Å²) >= 11 is 5.87. The molecule has 0 spiro atoms. The third-order valence-corrected chi connectivity index (χ3v) is 9.37. The number of hydrogen-bond acceptors (Lipinski definition) is 5. The number of benzene rings is 2. The van der Waals surface area contributed by atoms with Crippen molar-refractivity contribution in [3.63, 3.8) is 0 Å². The normalized spacial score (nSPS) is 22.6. The molecule has 1 saturated carbocycles. The van der Waals surface area contributed by atoms with Crippen LogP contribution in [0.4, 0.5) is 4.39 Å². The Kier molecular flexibility index (Phi) is 7.44. The summed E-state index contributed by atoms with van der Waals surface area (Å²) in [4.78, 5) is 2.78. The van der Waals surface area contributed by atoms with Gasteiger partial charge in [-0.05, 0) is 107 Å². The van der Waals surface area contributed by atoms with Crippen LogP contribution in [0, 0.1) is 11.7 Å². The summed E-state index contributed by atoms with van der Waals surface area (Å²) in [6.07, 6.45) is 7.04. The van der Waals surface area contributed by atoms with Gasteiger partial charge < -0.3 is 9.42 Å². The van der Waals surface area contributed by atoms with Crippen molar-refractivity contribution in [2.75, 3.05) is 19.6 Å². The zero-order chi connectivity index (χ0) is 24.4. The lowest BCUT2D eigenvalue weighted by Gasteiger charge is -2.34. The zero-order valence-electron chi connectivity index (χ0n) is 19.6. The highest BCUT2D eigenvalue weighted by Crippen LogP contribution is 2.34. The molecule has 5 rings (SSSR count). The van der Waals surface area contributed by atoms with Crippen molar-refractivity contribution < 1.29 is 17.3 Å². The molecule has 6 nitrogen and oxygen atoms in total. The van der Waals surface area contributed by atoms with Crippen LogP contribution >= 0.6 is 11.6 Å². The predicted octanol–water partition coefficient (Wildman–Crippen LogP) is 5.73. The van der Waals surface area contributed by atoms with Crippen molar-refractivity contribution in [3.05, 3.63) is 59.0 Å². The fourth-order valence-electron chi connectivity index (χ4n) is 5.49. The van der Waals surface area contributed by atoms with Crippen molar-refractivity contribution in [2.45, 2.75) is 61.8 Å². The van der Waals surface area contributed by atoms with E-state index in [1.165, 1.54) is 12.1 Å². The quantitative estimate of drug-likeness (QED) is 0.431. The van der Waals surface area contributed by atoms with Crippen LogP contribution in [0.3, 0.4) is 0 Å². The minimum Gasteiger partial charge on any atom is -0.356 e. The van der Waals surface area contributed by atoms with Gasteiger partial charge in [-0.3, -0.25) is 0 Å². The van der Waals surface area contributed by atoms with Crippen LogP contribution < -0.4 is 4.72 Å². The molecule has 35 heavy (non-hydrogen) atoms. The fourth-order valence-corrected chi connectivity index (χ4v) is 6.92. The Morgan fingerprint density at radius 3 is 2.46 bits per heavy atom. The van der Waals surface area contributed by atoms with Gasteiger partial charge >= 0.3 is 0 Å². The zero-order valence-corrected chi connectivity index (χ0v) is 21.2. The topological polar surface area (TPSA) is 75.4 Å². The maximum atomic E-state index is 13.4. The van der Waals surface area contributed by atoms with Gasteiger partial charge in [0.25, 0.3) is 0 Å². The molecule has 1 N–H and O–H groups in total. The van der Waals surface area contributed by atoms with Crippen LogP contribution in [-0.2, 0) is 10.0 Å². The monoisotopic (exact) mass is 519 g/mol. The lowest BCUT2D eigenvalue weighted by Crippen LogP contribution is -2.38. The van der Waals surface area contributed by atoms with E-state index in [1.54, 1.807) is 30.3 Å². The lowest BCUT2D eigenvalue weighted by molar-refractivity contribution is 0.183. The Hall–Kier alpha value is -2.00. The summed E-state index contributed by atoms with van der Waals surface area (Å²) in [6, 6.07) is 10.9. The molecule has 1 aliphatic heterocycles. The molecular formula is C26H31ClFN3O3S. The Labute approximate surface area is 210 Å². The summed E-state index contributed by atoms with van der Waals surface area (Å²) in [5.74, 6) is 0.684. The average molecular weight is 520 g/mol. The number of nitrogens with one attached hydrogen (secondary N) is 1. The lowest BCUT2D eigenvalue weighted by atomic mass is 9.84. The van der Waals surface area contributed by atoms with Gasteiger partial charge in [-0.1, -0.05) is 16.8 Å². The van der Waals surface area contributed by atoms with E-state index in [9.17, 15) is 12.8 Å². The molecule has 0 bridgehead atoms. The highest BCUT2D eigenvalue weighted by atomic mass is 35.5. The molecule has 2 fully saturated rings. The van der Waals surface area contributed by atoms with Crippen LogP contribution in [0.1, 0.15) is 56.6 Å². The molecule has 9 heteroatoms. The van der Waals surface area contributed by atoms with Crippen molar-refractivity contribution in [2.24, 2.45) is 5.92 Å². The first-order chi connectivity index (χ1) is 16.9. The van der Waals surface area contributed by atoms with E-state index < -0.39 is 10.0 Å². The number of aromatic nitrogens is 1. The van der Waals surface area contributed by atoms with Crippen LogP contribution in [0.15, 0.2) is 51.9 Å². The molecule has 1 aliphatic carbocycles. The van der Waals surface area contributed by atoms with Gasteiger partial charge in [-0.15, -0.1) is 0 Å². The largest absolute Gasteiger partial charge is 0.356 e. The molecule has 0 atom stereocenters. The molecule has 2 heterocycles. The second kappa shape index (κ2) is 10.5. The van der Waals surface area contributed by atoms with Crippen LogP contribution in [0.5, 0.6) is 0 Å². The average Bonchev–Trinajstić information content (AvgIpc) is 3.27. The van der Waals surface area contributed by atoms with Crippen molar-refractivity contribution in [1.29, 1.82) is 0 Å². The van der Waals surface area contributed by atoms with E-state index >= 15 is 0 Å². The number of fused-ring (bicyclic) bond motifs is 1. The molecule has 0 amide bonds. The number of hydrogen-bond donors (Lipinski definition) is 1. The van der Waals surface area contributed by atoms with Gasteiger partial charge in [0.05, 0.1) is 10.6 Å². The molecule has 188 valence electrons. The standard InChI is InChI=1S/C26H31ClFN3O3S/c27-20-3-8-23(9-4-20)35(32,33)30-22-6-1-18(2-7-22)11-14-31-15-12-19(13-16-31)26-24-10-5-21(28)17-25(24)34-29-26/h3-5,8-10,17-19,22,30H,1-2,6-7,11-16H2. The van der Waals surface area contributed by atoms with E-state index in [4.69, 9.17) is 16.1 Å². The Morgan fingerprint density at radius 2 is 1.74 bits per heavy atom. The molecular weight excluding hydrogens is 489 g/mol. The smallest absolute Gasteiger partial charge is 0.240 e. The third-order valence-electron chi connectivity index (χ3n) is 7.58. The van der Waals surface area contributed by atoms with Gasteiger partial charge in [0.15, 0.2) is 5.58 Å². The maximum Gasteiger partial charge on any atom is 0.240 e. The minimum absolute atomic E-state index is 0.00608. The van der Waals surface area contributed by atoms with Crippen molar-refractivity contribution >= 4 is 32.6 Å². The minimum atomic E-state index is -3.51. The summed E-state index contributed by atoms with van der Waals surface area (Å²) in [7, 11) is -3.51. The van der Waals surface area contributed by atoms with E-state index in [-0.39, 0.29) is 16.8 Å². The van der Waals surface area contributed by atoms with Gasteiger partial charge in [0.1, 0.15) is 5.82 Å². The molecule has 0 radical (unpaired) electrons. The Bertz CT molecular complexity index is 1250. The molecule has 2 aliphatic rings. The highest BCUT2D eigenvalue weighted by molar-refractivity contribution is 7.89. The number of rotatable bonds is 7. The number of likely N-dealkylation sites (tertiary alicyclic amines) is 1. The summed E-state index contributed by atoms with van der Waals surface area (Å²) < 4.78 is 46.9. The molecule has 3 aromatic rings. The van der Waals surface area contributed by atoms with E-state index in [1.807, 2.05) is 0 Å². The number of halogens is 2. The summed E-state index contributed by atoms with van der Waals surface area (Å²) in [6.45, 7) is 3.12. The first kappa shape index (κ1) is 24.7. The molecule has 2 aromatic carbocycles. The van der Waals surface area contributed by atoms with Crippen molar-refractivity contribution in [3.8, 4) is 0 Å². The second-order valence-electron chi connectivity index (χ2n) is 9.91. The van der Waals surface area contributed by atoms with E-state index in [0.29, 0.717) is 22.4 Å². The maximum absolute atomic E-state index is 13.4. The first-order valence-electron chi connectivity index (χ1n) is 12.4. The first-order valence-corrected chi connectivity index (χ1v) is 14.3. The van der Waals surface area contributed by atoms with E-state index in [0.717, 1.165) is 75.7 Å². The van der Waals surface area contributed by atoms with Gasteiger partial charge in [0.2, 0.25) is 10.0 Å². The molecule has 1 saturated heterocycles. The van der Waals surface area contributed by atoms with Crippen LogP contribution in [0.25, 0.3) is 11.0 Å². The summed E-state index contributed by atoms with van der Waals surface area (Å²) in [5.41, 5.74) is 1.48. The fraction of sp³-hybridized carbons (Fsp3) is 0.500. The van der Waals surface area contributed by atoms with Gasteiger partial charge in [-0.2, -0.15) is 0 Å². The molecule has 0 unspecified atom stereocenters. The highest BCUT2D eigenvalue weighted by Gasteiger charge is 2.28. The third kappa shape index (κ3) is 5.88. The Morgan fingerprint density at radius 1 is 1.03 bits per heavy atom. The van der Waals surface area contributed by atoms with Crippen LogP contribution in [-0.4, -0.2) is 44.2 Å². The van der Waals surface area contributed by atoms with Crippen molar-refractivity contribution in [1.82, 2.24) is 14.8 Å². The number of piperidine rings is 1. The van der Waals surface area contributed by atoms with Crippen LogP contribution in [0.2, 0.25) is 5.02 Å². The predicted molar refractivity (Wildman–Crippen MR) is 135 cm³/mol. The SMILES string of the molecule is O=S(=O)(NC1CCC(CCN2CCC(c3noc4cc(F)ccc34)CC2)CC1)c1ccc(Cl)cc1. The second-order valence-corrected chi connectivity index (χ2v) is 12.1. The van der Waals surface area contributed by atoms with E-state index in [2.05, 4.69) is 14.8 Å². The Balaban J connectivity index is 1.05. The van der Waals surface area contributed by atoms with Gasteiger partial charge in [-0.25, -0.2) is 17.5 Å². The number of sulfonamides is 1. The number of nitrogens with zero attached hydrogens (tertiary/aromatic N) is 2. The molecule has 1 aromatic heterocycles.